The van der Waals surface area contributed by atoms with Gasteiger partial charge in [-0.2, -0.15) is 9.78 Å². The van der Waals surface area contributed by atoms with Crippen molar-refractivity contribution in [3.05, 3.63) is 121 Å². The highest BCUT2D eigenvalue weighted by atomic mass is 79.9. The highest BCUT2D eigenvalue weighted by Gasteiger charge is 2.24. The van der Waals surface area contributed by atoms with Gasteiger partial charge in [-0.25, -0.2) is 4.98 Å². The number of benzene rings is 4. The lowest BCUT2D eigenvalue weighted by molar-refractivity contribution is -0.385. The number of aryl methyl sites for hydroxylation is 1. The van der Waals surface area contributed by atoms with E-state index in [9.17, 15) is 19.7 Å². The standard InChI is InChI=1S/C33H24BrN5O7/c1-19-7-3-5-9-24(19)36-30(40)18-45-31-26(39(42)43)13-20(14-28(31)44-2)17-35-38-32(37-25-10-6-4-8-23(25)33(38)41)29-16-21-15-22(34)11-12-27(21)46-29/h3-17H,18H2,1-2H3,(H,36,40). The molecule has 6 rings (SSSR count). The second-order valence-electron chi connectivity index (χ2n) is 10.1. The topological polar surface area (TPSA) is 151 Å². The molecule has 2 heterocycles. The summed E-state index contributed by atoms with van der Waals surface area (Å²) in [5, 5.41) is 20.3. The number of hydrogen-bond donors (Lipinski definition) is 1. The molecule has 230 valence electrons. The van der Waals surface area contributed by atoms with Crippen LogP contribution in [-0.4, -0.2) is 40.4 Å². The smallest absolute Gasteiger partial charge is 0.315 e. The number of furan rings is 1. The molecule has 1 amide bonds. The monoisotopic (exact) mass is 681 g/mol. The van der Waals surface area contributed by atoms with E-state index in [-0.39, 0.29) is 22.9 Å². The van der Waals surface area contributed by atoms with Crippen molar-refractivity contribution < 1.29 is 23.6 Å². The molecule has 13 heteroatoms. The number of nitrogens with zero attached hydrogens (tertiary/aromatic N) is 4. The number of hydrogen-bond acceptors (Lipinski definition) is 9. The Morgan fingerprint density at radius 1 is 1.11 bits per heavy atom. The van der Waals surface area contributed by atoms with Crippen molar-refractivity contribution in [2.45, 2.75) is 6.92 Å². The van der Waals surface area contributed by atoms with Gasteiger partial charge >= 0.3 is 5.69 Å². The van der Waals surface area contributed by atoms with E-state index in [2.05, 4.69) is 31.3 Å². The second-order valence-corrected chi connectivity index (χ2v) is 11.0. The van der Waals surface area contributed by atoms with Crippen LogP contribution in [0, 0.1) is 17.0 Å². The molecule has 4 aromatic carbocycles. The number of carbonyl (C=O) groups excluding carboxylic acids is 1. The molecule has 0 saturated carbocycles. The van der Waals surface area contributed by atoms with Gasteiger partial charge in [-0.05, 0) is 61.0 Å². The molecule has 0 aliphatic heterocycles. The molecule has 12 nitrogen and oxygen atoms in total. The van der Waals surface area contributed by atoms with Crippen LogP contribution in [0.2, 0.25) is 0 Å². The number of halogens is 1. The van der Waals surface area contributed by atoms with E-state index in [4.69, 9.17) is 13.9 Å². The van der Waals surface area contributed by atoms with Gasteiger partial charge in [0.2, 0.25) is 11.6 Å². The normalized spacial score (nSPS) is 11.3. The molecule has 2 aromatic heterocycles. The van der Waals surface area contributed by atoms with E-state index in [1.807, 2.05) is 31.2 Å². The zero-order valence-electron chi connectivity index (χ0n) is 24.4. The second kappa shape index (κ2) is 12.7. The number of rotatable bonds is 9. The number of nitro benzene ring substituents is 1. The van der Waals surface area contributed by atoms with Crippen LogP contribution in [-0.2, 0) is 4.79 Å². The van der Waals surface area contributed by atoms with Crippen LogP contribution in [0.3, 0.4) is 0 Å². The third-order valence-electron chi connectivity index (χ3n) is 7.02. The molecular weight excluding hydrogens is 658 g/mol. The molecule has 6 aromatic rings. The predicted molar refractivity (Wildman–Crippen MR) is 177 cm³/mol. The lowest BCUT2D eigenvalue weighted by Gasteiger charge is -2.13. The lowest BCUT2D eigenvalue weighted by atomic mass is 10.2. The number of amides is 1. The average Bonchev–Trinajstić information content (AvgIpc) is 3.47. The Bertz CT molecular complexity index is 2240. The van der Waals surface area contributed by atoms with Crippen LogP contribution >= 0.6 is 15.9 Å². The molecule has 0 bridgehead atoms. The summed E-state index contributed by atoms with van der Waals surface area (Å²) in [7, 11) is 1.32. The van der Waals surface area contributed by atoms with E-state index >= 15 is 0 Å². The molecule has 46 heavy (non-hydrogen) atoms. The summed E-state index contributed by atoms with van der Waals surface area (Å²) < 4.78 is 18.9. The Hall–Kier alpha value is -5.82. The van der Waals surface area contributed by atoms with Gasteiger partial charge in [0.05, 0.1) is 29.2 Å². The van der Waals surface area contributed by atoms with Gasteiger partial charge in [-0.15, -0.1) is 0 Å². The number of para-hydroxylation sites is 2. The molecule has 0 spiro atoms. The fourth-order valence-corrected chi connectivity index (χ4v) is 5.17. The number of anilines is 1. The Labute approximate surface area is 269 Å². The molecule has 0 unspecified atom stereocenters. The zero-order chi connectivity index (χ0) is 32.4. The Morgan fingerprint density at radius 3 is 2.67 bits per heavy atom. The first-order chi connectivity index (χ1) is 22.2. The third kappa shape index (κ3) is 6.08. The lowest BCUT2D eigenvalue weighted by Crippen LogP contribution is -2.21. The van der Waals surface area contributed by atoms with Crippen molar-refractivity contribution >= 4 is 61.3 Å². The van der Waals surface area contributed by atoms with E-state index < -0.39 is 28.7 Å². The molecule has 0 aliphatic carbocycles. The van der Waals surface area contributed by atoms with Crippen LogP contribution in [0.25, 0.3) is 33.5 Å². The fraction of sp³-hybridized carbons (Fsp3) is 0.0909. The minimum atomic E-state index is -0.657. The summed E-state index contributed by atoms with van der Waals surface area (Å²) in [5.74, 6) is -0.322. The van der Waals surface area contributed by atoms with Crippen LogP contribution in [0.1, 0.15) is 11.1 Å². The molecule has 0 fully saturated rings. The van der Waals surface area contributed by atoms with E-state index in [0.29, 0.717) is 27.9 Å². The maximum atomic E-state index is 13.6. The molecule has 0 aliphatic rings. The number of fused-ring (bicyclic) bond motifs is 2. The third-order valence-corrected chi connectivity index (χ3v) is 7.51. The summed E-state index contributed by atoms with van der Waals surface area (Å²) in [5.41, 5.74) is 1.76. The molecule has 0 saturated heterocycles. The number of nitro groups is 1. The summed E-state index contributed by atoms with van der Waals surface area (Å²) in [6, 6.07) is 23.9. The number of nitrogens with one attached hydrogen (secondary N) is 1. The molecular formula is C33H24BrN5O7. The first kappa shape index (κ1) is 30.2. The Balaban J connectivity index is 1.37. The predicted octanol–water partition coefficient (Wildman–Crippen LogP) is 6.70. The van der Waals surface area contributed by atoms with E-state index in [1.165, 1.54) is 25.5 Å². The maximum absolute atomic E-state index is 13.6. The van der Waals surface area contributed by atoms with Crippen molar-refractivity contribution in [1.29, 1.82) is 0 Å². The zero-order valence-corrected chi connectivity index (χ0v) is 26.0. The van der Waals surface area contributed by atoms with Crippen molar-refractivity contribution in [1.82, 2.24) is 9.66 Å². The number of carbonyl (C=O) groups is 1. The van der Waals surface area contributed by atoms with Gasteiger partial charge in [-0.1, -0.05) is 46.3 Å². The van der Waals surface area contributed by atoms with Crippen molar-refractivity contribution in [2.24, 2.45) is 5.10 Å². The van der Waals surface area contributed by atoms with Gasteiger partial charge < -0.3 is 19.2 Å². The quantitative estimate of drug-likeness (QED) is 0.101. The van der Waals surface area contributed by atoms with Gasteiger partial charge in [0, 0.05) is 27.2 Å². The van der Waals surface area contributed by atoms with Gasteiger partial charge in [-0.3, -0.25) is 19.7 Å². The van der Waals surface area contributed by atoms with Gasteiger partial charge in [0.15, 0.2) is 18.1 Å². The van der Waals surface area contributed by atoms with Crippen molar-refractivity contribution in [3.63, 3.8) is 0 Å². The van der Waals surface area contributed by atoms with Crippen LogP contribution in [0.4, 0.5) is 11.4 Å². The van der Waals surface area contributed by atoms with Gasteiger partial charge in [0.25, 0.3) is 11.5 Å². The van der Waals surface area contributed by atoms with E-state index in [1.54, 1.807) is 48.5 Å². The first-order valence-electron chi connectivity index (χ1n) is 13.8. The largest absolute Gasteiger partial charge is 0.493 e. The summed E-state index contributed by atoms with van der Waals surface area (Å²) in [6.45, 7) is 1.33. The number of methoxy groups -OCH3 is 1. The van der Waals surface area contributed by atoms with Crippen LogP contribution in [0.5, 0.6) is 11.5 Å². The Morgan fingerprint density at radius 2 is 1.89 bits per heavy atom. The maximum Gasteiger partial charge on any atom is 0.315 e. The molecule has 0 radical (unpaired) electrons. The van der Waals surface area contributed by atoms with Crippen molar-refractivity contribution in [2.75, 3.05) is 19.0 Å². The average molecular weight is 682 g/mol. The SMILES string of the molecule is COc1cc(C=Nn2c(-c3cc4cc(Br)ccc4o3)nc3ccccc3c2=O)cc([N+](=O)[O-])c1OCC(=O)Nc1ccccc1C. The first-order valence-corrected chi connectivity index (χ1v) is 14.6. The van der Waals surface area contributed by atoms with E-state index in [0.717, 1.165) is 20.1 Å². The summed E-state index contributed by atoms with van der Waals surface area (Å²) in [6.07, 6.45) is 1.27. The summed E-state index contributed by atoms with van der Waals surface area (Å²) >= 11 is 3.45. The minimum absolute atomic E-state index is 0.00795. The highest BCUT2D eigenvalue weighted by Crippen LogP contribution is 2.38. The van der Waals surface area contributed by atoms with Crippen LogP contribution in [0.15, 0.2) is 104 Å². The van der Waals surface area contributed by atoms with Crippen LogP contribution < -0.4 is 20.3 Å². The van der Waals surface area contributed by atoms with Gasteiger partial charge in [0.1, 0.15) is 5.58 Å². The highest BCUT2D eigenvalue weighted by molar-refractivity contribution is 9.10. The molecule has 1 N–H and O–H groups in total. The number of ether oxygens (including phenoxy) is 2. The van der Waals surface area contributed by atoms with Crippen molar-refractivity contribution in [3.8, 4) is 23.1 Å². The Kier molecular flexibility index (Phi) is 8.31. The fourth-order valence-electron chi connectivity index (χ4n) is 4.79. The summed E-state index contributed by atoms with van der Waals surface area (Å²) in [4.78, 5) is 42.3. The molecule has 0 atom stereocenters. The minimum Gasteiger partial charge on any atom is -0.493 e. The number of aromatic nitrogens is 2.